The van der Waals surface area contributed by atoms with Crippen LogP contribution in [-0.4, -0.2) is 64.1 Å². The van der Waals surface area contributed by atoms with E-state index in [-0.39, 0.29) is 5.41 Å². The number of nitrogens with one attached hydrogen (secondary N) is 1. The molecule has 0 aromatic carbocycles. The summed E-state index contributed by atoms with van der Waals surface area (Å²) in [5.74, 6) is 0.698. The van der Waals surface area contributed by atoms with Crippen LogP contribution in [0.3, 0.4) is 0 Å². The monoisotopic (exact) mass is 300 g/mol. The maximum atomic E-state index is 5.74. The summed E-state index contributed by atoms with van der Waals surface area (Å²) in [6.07, 6.45) is 2.35. The number of hydrogen-bond acceptors (Lipinski definition) is 4. The van der Waals surface area contributed by atoms with Gasteiger partial charge in [0.2, 0.25) is 0 Å². The van der Waals surface area contributed by atoms with E-state index in [0.29, 0.717) is 12.0 Å². The van der Waals surface area contributed by atoms with Crippen LogP contribution >= 0.6 is 0 Å². The van der Waals surface area contributed by atoms with Gasteiger partial charge in [-0.3, -0.25) is 4.90 Å². The van der Waals surface area contributed by atoms with Gasteiger partial charge in [0.1, 0.15) is 0 Å². The van der Waals surface area contributed by atoms with Crippen molar-refractivity contribution in [1.29, 1.82) is 0 Å². The third-order valence-corrected chi connectivity index (χ3v) is 4.57. The van der Waals surface area contributed by atoms with Crippen LogP contribution < -0.4 is 5.32 Å². The van der Waals surface area contributed by atoms with Crippen molar-refractivity contribution in [2.45, 2.75) is 46.6 Å². The quantitative estimate of drug-likeness (QED) is 0.635. The van der Waals surface area contributed by atoms with E-state index in [2.05, 4.69) is 37.9 Å². The molecule has 0 saturated carbocycles. The minimum Gasteiger partial charge on any atom is -0.383 e. The molecule has 0 radical (unpaired) electrons. The number of rotatable bonds is 11. The molecule has 2 unspecified atom stereocenters. The molecule has 1 rings (SSSR count). The molecule has 0 aliphatic carbocycles. The smallest absolute Gasteiger partial charge is 0.0589 e. The molecule has 4 nitrogen and oxygen atoms in total. The molecule has 1 aliphatic rings. The van der Waals surface area contributed by atoms with E-state index in [4.69, 9.17) is 9.47 Å². The molecular formula is C17H36N2O2. The summed E-state index contributed by atoms with van der Waals surface area (Å²) in [7, 11) is 1.79. The molecule has 1 aliphatic heterocycles. The minimum absolute atomic E-state index is 0.270. The highest BCUT2D eigenvalue weighted by Crippen LogP contribution is 2.30. The SMILES string of the molecule is CCC(C)N(CCOC)CC1(CNCC(C)C)CCOC1. The van der Waals surface area contributed by atoms with Crippen LogP contribution in [0.2, 0.25) is 0 Å². The Morgan fingerprint density at radius 3 is 2.62 bits per heavy atom. The first-order valence-electron chi connectivity index (χ1n) is 8.54. The summed E-state index contributed by atoms with van der Waals surface area (Å²) in [5, 5.41) is 3.65. The standard InChI is InChI=1S/C17H36N2O2/c1-6-16(4)19(8-10-20-5)13-17(7-9-21-14-17)12-18-11-15(2)3/h15-16,18H,6-14H2,1-5H3. The van der Waals surface area contributed by atoms with E-state index >= 15 is 0 Å². The second-order valence-electron chi connectivity index (χ2n) is 7.05. The van der Waals surface area contributed by atoms with Crippen molar-refractivity contribution in [2.75, 3.05) is 53.1 Å². The third kappa shape index (κ3) is 6.64. The lowest BCUT2D eigenvalue weighted by molar-refractivity contribution is 0.0651. The topological polar surface area (TPSA) is 33.7 Å². The Labute approximate surface area is 131 Å². The largest absolute Gasteiger partial charge is 0.383 e. The van der Waals surface area contributed by atoms with E-state index in [9.17, 15) is 0 Å². The lowest BCUT2D eigenvalue weighted by Crippen LogP contribution is -2.48. The fraction of sp³-hybridized carbons (Fsp3) is 1.00. The maximum Gasteiger partial charge on any atom is 0.0589 e. The lowest BCUT2D eigenvalue weighted by atomic mass is 9.85. The number of methoxy groups -OCH3 is 1. The molecule has 0 bridgehead atoms. The van der Waals surface area contributed by atoms with Gasteiger partial charge in [0, 0.05) is 44.8 Å². The predicted molar refractivity (Wildman–Crippen MR) is 88.8 cm³/mol. The van der Waals surface area contributed by atoms with Crippen LogP contribution in [0.4, 0.5) is 0 Å². The first kappa shape index (κ1) is 18.9. The minimum atomic E-state index is 0.270. The van der Waals surface area contributed by atoms with E-state index in [1.807, 2.05) is 0 Å². The Morgan fingerprint density at radius 2 is 2.10 bits per heavy atom. The van der Waals surface area contributed by atoms with Crippen molar-refractivity contribution in [3.8, 4) is 0 Å². The molecule has 0 aromatic heterocycles. The van der Waals surface area contributed by atoms with Crippen LogP contribution in [0.25, 0.3) is 0 Å². The second kappa shape index (κ2) is 9.78. The first-order valence-corrected chi connectivity index (χ1v) is 8.54. The average Bonchev–Trinajstić information content (AvgIpc) is 2.91. The molecule has 21 heavy (non-hydrogen) atoms. The zero-order valence-electron chi connectivity index (χ0n) is 14.8. The van der Waals surface area contributed by atoms with Crippen LogP contribution in [0, 0.1) is 11.3 Å². The van der Waals surface area contributed by atoms with Crippen LogP contribution in [0.15, 0.2) is 0 Å². The van der Waals surface area contributed by atoms with Crippen molar-refractivity contribution in [3.63, 3.8) is 0 Å². The summed E-state index contributed by atoms with van der Waals surface area (Å²) in [5.41, 5.74) is 0.270. The Hall–Kier alpha value is -0.160. The Kier molecular flexibility index (Phi) is 8.79. The van der Waals surface area contributed by atoms with E-state index in [0.717, 1.165) is 52.4 Å². The average molecular weight is 300 g/mol. The fourth-order valence-corrected chi connectivity index (χ4v) is 2.95. The van der Waals surface area contributed by atoms with Gasteiger partial charge in [-0.2, -0.15) is 0 Å². The number of nitrogens with zero attached hydrogens (tertiary/aromatic N) is 1. The van der Waals surface area contributed by atoms with Crippen LogP contribution in [0.1, 0.15) is 40.5 Å². The van der Waals surface area contributed by atoms with E-state index in [1.54, 1.807) is 7.11 Å². The van der Waals surface area contributed by atoms with Gasteiger partial charge in [-0.1, -0.05) is 20.8 Å². The van der Waals surface area contributed by atoms with Crippen molar-refractivity contribution >= 4 is 0 Å². The van der Waals surface area contributed by atoms with Crippen molar-refractivity contribution in [1.82, 2.24) is 10.2 Å². The molecule has 2 atom stereocenters. The molecule has 4 heteroatoms. The van der Waals surface area contributed by atoms with Gasteiger partial charge in [0.15, 0.2) is 0 Å². The Morgan fingerprint density at radius 1 is 1.33 bits per heavy atom. The lowest BCUT2D eigenvalue weighted by Gasteiger charge is -2.37. The summed E-state index contributed by atoms with van der Waals surface area (Å²) < 4.78 is 11.0. The Bertz CT molecular complexity index is 266. The number of ether oxygens (including phenoxy) is 2. The molecule has 0 amide bonds. The molecular weight excluding hydrogens is 264 g/mol. The third-order valence-electron chi connectivity index (χ3n) is 4.57. The van der Waals surface area contributed by atoms with Gasteiger partial charge in [-0.05, 0) is 32.2 Å². The molecule has 126 valence electrons. The molecule has 1 N–H and O–H groups in total. The maximum absolute atomic E-state index is 5.74. The van der Waals surface area contributed by atoms with Crippen molar-refractivity contribution in [3.05, 3.63) is 0 Å². The Balaban J connectivity index is 2.59. The fourth-order valence-electron chi connectivity index (χ4n) is 2.95. The summed E-state index contributed by atoms with van der Waals surface area (Å²) in [6.45, 7) is 16.0. The van der Waals surface area contributed by atoms with Gasteiger partial charge >= 0.3 is 0 Å². The zero-order valence-corrected chi connectivity index (χ0v) is 14.8. The molecule has 1 fully saturated rings. The van der Waals surface area contributed by atoms with Gasteiger partial charge in [0.25, 0.3) is 0 Å². The zero-order chi connectivity index (χ0) is 15.7. The highest BCUT2D eigenvalue weighted by atomic mass is 16.5. The molecule has 0 spiro atoms. The molecule has 0 aromatic rings. The van der Waals surface area contributed by atoms with E-state index < -0.39 is 0 Å². The van der Waals surface area contributed by atoms with Crippen LogP contribution in [0.5, 0.6) is 0 Å². The summed E-state index contributed by atoms with van der Waals surface area (Å²) in [4.78, 5) is 2.58. The highest BCUT2D eigenvalue weighted by molar-refractivity contribution is 4.89. The van der Waals surface area contributed by atoms with Crippen LogP contribution in [-0.2, 0) is 9.47 Å². The van der Waals surface area contributed by atoms with Gasteiger partial charge in [-0.15, -0.1) is 0 Å². The normalized spacial score (nSPS) is 24.1. The first-order chi connectivity index (χ1) is 10.0. The summed E-state index contributed by atoms with van der Waals surface area (Å²) >= 11 is 0. The predicted octanol–water partition coefficient (Wildman–Crippen LogP) is 2.39. The van der Waals surface area contributed by atoms with Gasteiger partial charge in [0.05, 0.1) is 13.2 Å². The van der Waals surface area contributed by atoms with E-state index in [1.165, 1.54) is 6.42 Å². The second-order valence-corrected chi connectivity index (χ2v) is 7.05. The van der Waals surface area contributed by atoms with Crippen molar-refractivity contribution < 1.29 is 9.47 Å². The highest BCUT2D eigenvalue weighted by Gasteiger charge is 2.37. The van der Waals surface area contributed by atoms with Gasteiger partial charge < -0.3 is 14.8 Å². The molecule has 1 heterocycles. The number of hydrogen-bond donors (Lipinski definition) is 1. The molecule has 1 saturated heterocycles. The summed E-state index contributed by atoms with van der Waals surface area (Å²) in [6, 6.07) is 0.600. The van der Waals surface area contributed by atoms with Gasteiger partial charge in [-0.25, -0.2) is 0 Å². The van der Waals surface area contributed by atoms with Crippen molar-refractivity contribution in [2.24, 2.45) is 11.3 Å².